The van der Waals surface area contributed by atoms with E-state index in [0.29, 0.717) is 23.9 Å². The van der Waals surface area contributed by atoms with Gasteiger partial charge in [0, 0.05) is 12.4 Å². The Morgan fingerprint density at radius 3 is 2.62 bits per heavy atom. The third kappa shape index (κ3) is 2.49. The Morgan fingerprint density at radius 2 is 1.94 bits per heavy atom. The Hall–Kier alpha value is -1.62. The fourth-order valence-corrected chi connectivity index (χ4v) is 1.72. The molecule has 0 saturated heterocycles. The van der Waals surface area contributed by atoms with Crippen LogP contribution in [0.15, 0.2) is 41.1 Å². The number of benzene rings is 1. The van der Waals surface area contributed by atoms with Gasteiger partial charge in [0.05, 0.1) is 10.2 Å². The fourth-order valence-electron chi connectivity index (χ4n) is 1.22. The van der Waals surface area contributed by atoms with E-state index in [-0.39, 0.29) is 0 Å². The number of ether oxygens (including phenoxy) is 1. The van der Waals surface area contributed by atoms with Crippen molar-refractivity contribution in [2.75, 3.05) is 5.73 Å². The zero-order chi connectivity index (χ0) is 11.4. The standard InChI is InChI=1S/C11H10BrN3O/c12-8-3-1-4-9(13)11(8)16-7-10-14-5-2-6-15-10/h1-6H,7,13H2. The molecular weight excluding hydrogens is 270 g/mol. The van der Waals surface area contributed by atoms with Crippen LogP contribution >= 0.6 is 15.9 Å². The predicted octanol–water partition coefficient (Wildman–Crippen LogP) is 2.40. The minimum absolute atomic E-state index is 0.299. The molecule has 1 aromatic heterocycles. The monoisotopic (exact) mass is 279 g/mol. The highest BCUT2D eigenvalue weighted by molar-refractivity contribution is 9.10. The van der Waals surface area contributed by atoms with Gasteiger partial charge in [-0.25, -0.2) is 9.97 Å². The lowest BCUT2D eigenvalue weighted by atomic mass is 10.3. The SMILES string of the molecule is Nc1cccc(Br)c1OCc1ncccn1. The van der Waals surface area contributed by atoms with Gasteiger partial charge in [-0.05, 0) is 34.1 Å². The van der Waals surface area contributed by atoms with E-state index in [2.05, 4.69) is 25.9 Å². The number of nitrogen functional groups attached to an aromatic ring is 1. The summed E-state index contributed by atoms with van der Waals surface area (Å²) in [5, 5.41) is 0. The van der Waals surface area contributed by atoms with E-state index in [1.165, 1.54) is 0 Å². The number of rotatable bonds is 3. The molecule has 16 heavy (non-hydrogen) atoms. The molecule has 0 aliphatic carbocycles. The lowest BCUT2D eigenvalue weighted by Gasteiger charge is -2.09. The van der Waals surface area contributed by atoms with Crippen LogP contribution in [0.2, 0.25) is 0 Å². The van der Waals surface area contributed by atoms with Crippen molar-refractivity contribution in [1.29, 1.82) is 0 Å². The quantitative estimate of drug-likeness (QED) is 0.877. The second-order valence-corrected chi connectivity index (χ2v) is 3.97. The van der Waals surface area contributed by atoms with Gasteiger partial charge in [0.25, 0.3) is 0 Å². The maximum absolute atomic E-state index is 5.79. The molecule has 0 saturated carbocycles. The highest BCUT2D eigenvalue weighted by Crippen LogP contribution is 2.31. The zero-order valence-corrected chi connectivity index (χ0v) is 10.0. The second-order valence-electron chi connectivity index (χ2n) is 3.11. The largest absolute Gasteiger partial charge is 0.482 e. The molecule has 0 amide bonds. The van der Waals surface area contributed by atoms with Crippen molar-refractivity contribution in [3.63, 3.8) is 0 Å². The highest BCUT2D eigenvalue weighted by Gasteiger charge is 2.05. The maximum Gasteiger partial charge on any atom is 0.166 e. The van der Waals surface area contributed by atoms with Crippen LogP contribution in [-0.4, -0.2) is 9.97 Å². The molecule has 82 valence electrons. The summed E-state index contributed by atoms with van der Waals surface area (Å²) in [6, 6.07) is 7.27. The molecule has 2 rings (SSSR count). The minimum atomic E-state index is 0.299. The molecule has 0 atom stereocenters. The summed E-state index contributed by atoms with van der Waals surface area (Å²) in [5.74, 6) is 1.24. The Morgan fingerprint density at radius 1 is 1.19 bits per heavy atom. The Kier molecular flexibility index (Phi) is 3.36. The number of nitrogens with zero attached hydrogens (tertiary/aromatic N) is 2. The van der Waals surface area contributed by atoms with Crippen molar-refractivity contribution >= 4 is 21.6 Å². The van der Waals surface area contributed by atoms with Crippen molar-refractivity contribution in [3.05, 3.63) is 47.0 Å². The van der Waals surface area contributed by atoms with Crippen LogP contribution in [0.1, 0.15) is 5.82 Å². The zero-order valence-electron chi connectivity index (χ0n) is 8.43. The lowest BCUT2D eigenvalue weighted by molar-refractivity contribution is 0.295. The van der Waals surface area contributed by atoms with Gasteiger partial charge in [0.1, 0.15) is 6.61 Å². The molecule has 4 nitrogen and oxygen atoms in total. The molecule has 0 fully saturated rings. The molecule has 1 heterocycles. The molecule has 5 heteroatoms. The normalized spacial score (nSPS) is 10.1. The van der Waals surface area contributed by atoms with Crippen LogP contribution in [-0.2, 0) is 6.61 Å². The number of aromatic nitrogens is 2. The van der Waals surface area contributed by atoms with Crippen molar-refractivity contribution in [3.8, 4) is 5.75 Å². The first kappa shape index (κ1) is 10.9. The van der Waals surface area contributed by atoms with E-state index in [9.17, 15) is 0 Å². The molecule has 0 aliphatic heterocycles. The third-order valence-electron chi connectivity index (χ3n) is 1.96. The van der Waals surface area contributed by atoms with Gasteiger partial charge in [0.15, 0.2) is 11.6 Å². The summed E-state index contributed by atoms with van der Waals surface area (Å²) < 4.78 is 6.38. The Bertz CT molecular complexity index is 456. The van der Waals surface area contributed by atoms with E-state index in [0.717, 1.165) is 4.47 Å². The van der Waals surface area contributed by atoms with Gasteiger partial charge < -0.3 is 10.5 Å². The smallest absolute Gasteiger partial charge is 0.166 e. The number of halogens is 1. The average molecular weight is 280 g/mol. The molecule has 0 aliphatic rings. The highest BCUT2D eigenvalue weighted by atomic mass is 79.9. The van der Waals surface area contributed by atoms with Crippen LogP contribution in [0.5, 0.6) is 5.75 Å². The second kappa shape index (κ2) is 4.94. The number of hydrogen-bond acceptors (Lipinski definition) is 4. The maximum atomic E-state index is 5.79. The molecule has 0 unspecified atom stereocenters. The van der Waals surface area contributed by atoms with Gasteiger partial charge in [-0.1, -0.05) is 6.07 Å². The average Bonchev–Trinajstić information content (AvgIpc) is 2.30. The van der Waals surface area contributed by atoms with Crippen LogP contribution in [0.25, 0.3) is 0 Å². The van der Waals surface area contributed by atoms with Crippen molar-refractivity contribution < 1.29 is 4.74 Å². The summed E-state index contributed by atoms with van der Waals surface area (Å²) in [4.78, 5) is 8.12. The van der Waals surface area contributed by atoms with E-state index < -0.39 is 0 Å². The molecule has 0 radical (unpaired) electrons. The predicted molar refractivity (Wildman–Crippen MR) is 64.9 cm³/mol. The van der Waals surface area contributed by atoms with Crippen LogP contribution < -0.4 is 10.5 Å². The molecule has 0 bridgehead atoms. The summed E-state index contributed by atoms with van der Waals surface area (Å²) in [5.41, 5.74) is 6.38. The Labute approximate surface area is 102 Å². The third-order valence-corrected chi connectivity index (χ3v) is 2.59. The summed E-state index contributed by atoms with van der Waals surface area (Å²) >= 11 is 3.37. The van der Waals surface area contributed by atoms with E-state index in [4.69, 9.17) is 10.5 Å². The van der Waals surface area contributed by atoms with Gasteiger partial charge in [-0.3, -0.25) is 0 Å². The van der Waals surface area contributed by atoms with Crippen molar-refractivity contribution in [1.82, 2.24) is 9.97 Å². The van der Waals surface area contributed by atoms with Gasteiger partial charge in [-0.2, -0.15) is 0 Å². The van der Waals surface area contributed by atoms with E-state index in [1.54, 1.807) is 24.5 Å². The van der Waals surface area contributed by atoms with Crippen molar-refractivity contribution in [2.24, 2.45) is 0 Å². The summed E-state index contributed by atoms with van der Waals surface area (Å²) in [7, 11) is 0. The molecule has 1 aromatic carbocycles. The fraction of sp³-hybridized carbons (Fsp3) is 0.0909. The van der Waals surface area contributed by atoms with Gasteiger partial charge >= 0.3 is 0 Å². The lowest BCUT2D eigenvalue weighted by Crippen LogP contribution is -2.02. The summed E-state index contributed by atoms with van der Waals surface area (Å²) in [6.07, 6.45) is 3.35. The van der Waals surface area contributed by atoms with Crippen LogP contribution in [0.3, 0.4) is 0 Å². The Balaban J connectivity index is 2.11. The van der Waals surface area contributed by atoms with Crippen LogP contribution in [0.4, 0.5) is 5.69 Å². The van der Waals surface area contributed by atoms with Gasteiger partial charge in [-0.15, -0.1) is 0 Å². The topological polar surface area (TPSA) is 61.0 Å². The van der Waals surface area contributed by atoms with Crippen LogP contribution in [0, 0.1) is 0 Å². The first-order chi connectivity index (χ1) is 7.77. The minimum Gasteiger partial charge on any atom is -0.482 e. The van der Waals surface area contributed by atoms with E-state index in [1.807, 2.05) is 12.1 Å². The number of para-hydroxylation sites is 1. The summed E-state index contributed by atoms with van der Waals surface area (Å²) in [6.45, 7) is 0.299. The first-order valence-electron chi connectivity index (χ1n) is 4.70. The molecular formula is C11H10BrN3O. The van der Waals surface area contributed by atoms with Crippen molar-refractivity contribution in [2.45, 2.75) is 6.61 Å². The van der Waals surface area contributed by atoms with E-state index >= 15 is 0 Å². The number of nitrogens with two attached hydrogens (primary N) is 1. The molecule has 2 aromatic rings. The molecule has 2 N–H and O–H groups in total. The number of hydrogen-bond donors (Lipinski definition) is 1. The van der Waals surface area contributed by atoms with Gasteiger partial charge in [0.2, 0.25) is 0 Å². The first-order valence-corrected chi connectivity index (χ1v) is 5.49. The molecule has 0 spiro atoms. The number of anilines is 1.